The second-order valence-corrected chi connectivity index (χ2v) is 5.35. The first kappa shape index (κ1) is 12.8. The molecule has 0 aliphatic rings. The van der Waals surface area contributed by atoms with Gasteiger partial charge in [0.25, 0.3) is 0 Å². The lowest BCUT2D eigenvalue weighted by molar-refractivity contribution is 0.610. The van der Waals surface area contributed by atoms with Crippen molar-refractivity contribution in [3.05, 3.63) is 78.5 Å². The Morgan fingerprint density at radius 1 is 0.864 bits per heavy atom. The van der Waals surface area contributed by atoms with Gasteiger partial charge >= 0.3 is 0 Å². The van der Waals surface area contributed by atoms with Crippen LogP contribution >= 0.6 is 0 Å². The Morgan fingerprint density at radius 2 is 1.64 bits per heavy atom. The van der Waals surface area contributed by atoms with E-state index < -0.39 is 0 Å². The fourth-order valence-corrected chi connectivity index (χ4v) is 2.82. The molecule has 1 unspecified atom stereocenters. The molecule has 0 fully saturated rings. The number of hydrogen-bond donors (Lipinski definition) is 0. The highest BCUT2D eigenvalue weighted by Crippen LogP contribution is 2.24. The SMILES string of the molecule is CC(c1ccccc1)n1cccc1-n1nnc2ccccc21. The highest BCUT2D eigenvalue weighted by molar-refractivity contribution is 5.75. The number of fused-ring (bicyclic) bond motifs is 1. The summed E-state index contributed by atoms with van der Waals surface area (Å²) < 4.78 is 4.12. The predicted molar refractivity (Wildman–Crippen MR) is 87.1 cm³/mol. The number of nitrogens with zero attached hydrogens (tertiary/aromatic N) is 4. The van der Waals surface area contributed by atoms with Gasteiger partial charge in [-0.2, -0.15) is 4.68 Å². The molecular weight excluding hydrogens is 272 g/mol. The van der Waals surface area contributed by atoms with Crippen LogP contribution in [-0.4, -0.2) is 19.6 Å². The number of rotatable bonds is 3. The zero-order chi connectivity index (χ0) is 14.9. The van der Waals surface area contributed by atoms with E-state index in [4.69, 9.17) is 0 Å². The first-order chi connectivity index (χ1) is 10.8. The number of para-hydroxylation sites is 1. The third kappa shape index (κ3) is 2.00. The Bertz CT molecular complexity index is 905. The molecule has 4 heteroatoms. The van der Waals surface area contributed by atoms with Crippen LogP contribution < -0.4 is 0 Å². The summed E-state index contributed by atoms with van der Waals surface area (Å²) in [6.07, 6.45) is 2.09. The van der Waals surface area contributed by atoms with Crippen molar-refractivity contribution in [2.24, 2.45) is 0 Å². The van der Waals surface area contributed by atoms with Gasteiger partial charge in [0, 0.05) is 6.20 Å². The molecule has 2 heterocycles. The maximum Gasteiger partial charge on any atom is 0.137 e. The molecule has 4 nitrogen and oxygen atoms in total. The molecule has 108 valence electrons. The van der Waals surface area contributed by atoms with Crippen LogP contribution in [0.1, 0.15) is 18.5 Å². The van der Waals surface area contributed by atoms with E-state index in [1.807, 2.05) is 41.1 Å². The van der Waals surface area contributed by atoms with Crippen molar-refractivity contribution in [3.63, 3.8) is 0 Å². The van der Waals surface area contributed by atoms with Gasteiger partial charge in [0.05, 0.1) is 11.6 Å². The molecule has 2 aromatic heterocycles. The van der Waals surface area contributed by atoms with E-state index in [0.717, 1.165) is 16.9 Å². The molecule has 4 aromatic rings. The van der Waals surface area contributed by atoms with E-state index in [0.29, 0.717) is 0 Å². The summed E-state index contributed by atoms with van der Waals surface area (Å²) in [5.41, 5.74) is 3.19. The monoisotopic (exact) mass is 288 g/mol. The third-order valence-corrected chi connectivity index (χ3v) is 4.02. The summed E-state index contributed by atoms with van der Waals surface area (Å²) in [4.78, 5) is 0. The summed E-state index contributed by atoms with van der Waals surface area (Å²) in [7, 11) is 0. The van der Waals surface area contributed by atoms with Gasteiger partial charge in [-0.1, -0.05) is 47.7 Å². The molecule has 0 saturated carbocycles. The van der Waals surface area contributed by atoms with Gasteiger partial charge in [-0.15, -0.1) is 5.10 Å². The maximum atomic E-state index is 4.32. The van der Waals surface area contributed by atoms with E-state index in [9.17, 15) is 0 Å². The fraction of sp³-hybridized carbons (Fsp3) is 0.111. The van der Waals surface area contributed by atoms with E-state index in [2.05, 4.69) is 58.3 Å². The topological polar surface area (TPSA) is 35.6 Å². The Morgan fingerprint density at radius 3 is 2.50 bits per heavy atom. The largest absolute Gasteiger partial charge is 0.326 e. The molecule has 2 aromatic carbocycles. The molecule has 0 aliphatic heterocycles. The van der Waals surface area contributed by atoms with Crippen LogP contribution in [0.4, 0.5) is 0 Å². The van der Waals surface area contributed by atoms with Gasteiger partial charge in [0.2, 0.25) is 0 Å². The number of hydrogen-bond acceptors (Lipinski definition) is 2. The lowest BCUT2D eigenvalue weighted by Gasteiger charge is -2.17. The Hall–Kier alpha value is -2.88. The van der Waals surface area contributed by atoms with Crippen molar-refractivity contribution in [1.82, 2.24) is 19.6 Å². The molecular formula is C18H16N4. The Balaban J connectivity index is 1.84. The van der Waals surface area contributed by atoms with Gasteiger partial charge in [0.1, 0.15) is 11.3 Å². The molecule has 0 amide bonds. The minimum atomic E-state index is 0.231. The normalized spacial score (nSPS) is 12.6. The molecule has 4 rings (SSSR count). The second-order valence-electron chi connectivity index (χ2n) is 5.35. The molecule has 0 saturated heterocycles. The van der Waals surface area contributed by atoms with Gasteiger partial charge in [-0.25, -0.2) is 0 Å². The zero-order valence-electron chi connectivity index (χ0n) is 12.3. The minimum Gasteiger partial charge on any atom is -0.326 e. The maximum absolute atomic E-state index is 4.32. The van der Waals surface area contributed by atoms with Crippen molar-refractivity contribution >= 4 is 11.0 Å². The van der Waals surface area contributed by atoms with Gasteiger partial charge in [0.15, 0.2) is 0 Å². The second kappa shape index (κ2) is 5.15. The quantitative estimate of drug-likeness (QED) is 0.574. The highest BCUT2D eigenvalue weighted by atomic mass is 15.5. The van der Waals surface area contributed by atoms with E-state index in [1.54, 1.807) is 0 Å². The molecule has 0 bridgehead atoms. The molecule has 22 heavy (non-hydrogen) atoms. The summed E-state index contributed by atoms with van der Waals surface area (Å²) in [6.45, 7) is 2.19. The zero-order valence-corrected chi connectivity index (χ0v) is 12.3. The first-order valence-electron chi connectivity index (χ1n) is 7.37. The van der Waals surface area contributed by atoms with Crippen molar-refractivity contribution in [2.75, 3.05) is 0 Å². The lowest BCUT2D eigenvalue weighted by Crippen LogP contribution is -2.11. The smallest absolute Gasteiger partial charge is 0.137 e. The van der Waals surface area contributed by atoms with Crippen LogP contribution in [-0.2, 0) is 0 Å². The summed E-state index contributed by atoms with van der Waals surface area (Å²) >= 11 is 0. The number of benzene rings is 2. The van der Waals surface area contributed by atoms with Crippen LogP contribution in [0.25, 0.3) is 16.9 Å². The molecule has 0 aliphatic carbocycles. The van der Waals surface area contributed by atoms with Crippen molar-refractivity contribution in [3.8, 4) is 5.82 Å². The highest BCUT2D eigenvalue weighted by Gasteiger charge is 2.14. The van der Waals surface area contributed by atoms with Gasteiger partial charge in [-0.05, 0) is 36.8 Å². The fourth-order valence-electron chi connectivity index (χ4n) is 2.82. The Kier molecular flexibility index (Phi) is 3.00. The van der Waals surface area contributed by atoms with Crippen LogP contribution in [0.15, 0.2) is 72.9 Å². The van der Waals surface area contributed by atoms with Crippen LogP contribution in [0.2, 0.25) is 0 Å². The lowest BCUT2D eigenvalue weighted by atomic mass is 10.1. The molecule has 0 spiro atoms. The third-order valence-electron chi connectivity index (χ3n) is 4.02. The van der Waals surface area contributed by atoms with Crippen LogP contribution in [0.3, 0.4) is 0 Å². The van der Waals surface area contributed by atoms with E-state index in [-0.39, 0.29) is 6.04 Å². The standard InChI is InChI=1S/C18H16N4/c1-14(15-8-3-2-4-9-15)21-13-7-12-18(21)22-17-11-6-5-10-16(17)19-20-22/h2-14H,1H3. The molecule has 0 N–H and O–H groups in total. The summed E-state index contributed by atoms with van der Waals surface area (Å²) in [5.74, 6) is 1.02. The van der Waals surface area contributed by atoms with Crippen molar-refractivity contribution < 1.29 is 0 Å². The van der Waals surface area contributed by atoms with Gasteiger partial charge in [-0.3, -0.25) is 0 Å². The van der Waals surface area contributed by atoms with Crippen LogP contribution in [0, 0.1) is 0 Å². The van der Waals surface area contributed by atoms with Crippen molar-refractivity contribution in [2.45, 2.75) is 13.0 Å². The van der Waals surface area contributed by atoms with E-state index in [1.165, 1.54) is 5.56 Å². The minimum absolute atomic E-state index is 0.231. The molecule has 1 atom stereocenters. The first-order valence-corrected chi connectivity index (χ1v) is 7.37. The van der Waals surface area contributed by atoms with E-state index >= 15 is 0 Å². The summed E-state index contributed by atoms with van der Waals surface area (Å²) in [6, 6.07) is 22.8. The van der Waals surface area contributed by atoms with Gasteiger partial charge < -0.3 is 4.57 Å². The van der Waals surface area contributed by atoms with Crippen molar-refractivity contribution in [1.29, 1.82) is 0 Å². The predicted octanol–water partition coefficient (Wildman–Crippen LogP) is 3.83. The number of aromatic nitrogens is 4. The Labute approximate surface area is 128 Å². The van der Waals surface area contributed by atoms with Crippen LogP contribution in [0.5, 0.6) is 0 Å². The average Bonchev–Trinajstić information content (AvgIpc) is 3.21. The average molecular weight is 288 g/mol. The molecule has 0 radical (unpaired) electrons. The summed E-state index contributed by atoms with van der Waals surface area (Å²) in [5, 5.41) is 8.57.